The second-order valence-corrected chi connectivity index (χ2v) is 5.87. The number of carbonyl (C=O) groups excluding carboxylic acids is 1. The summed E-state index contributed by atoms with van der Waals surface area (Å²) in [5.74, 6) is 0. The lowest BCUT2D eigenvalue weighted by atomic mass is 10.1. The minimum absolute atomic E-state index is 0.268. The molecule has 0 bridgehead atoms. The van der Waals surface area contributed by atoms with Gasteiger partial charge in [0.05, 0.1) is 11.6 Å². The van der Waals surface area contributed by atoms with Gasteiger partial charge >= 0.3 is 0 Å². The van der Waals surface area contributed by atoms with E-state index in [1.54, 1.807) is 0 Å². The topological polar surface area (TPSA) is 38.1 Å². The molecule has 1 aromatic carbocycles. The van der Waals surface area contributed by atoms with E-state index in [-0.39, 0.29) is 6.04 Å². The second-order valence-electron chi connectivity index (χ2n) is 5.52. The average Bonchev–Trinajstić information content (AvgIpc) is 2.86. The molecule has 1 aromatic heterocycles. The van der Waals surface area contributed by atoms with Crippen LogP contribution in [0.3, 0.4) is 0 Å². The number of likely N-dealkylation sites (tertiary alicyclic amines) is 1. The SMILES string of the molecule is CN1CCC(n2nc(-c3ccccc3)c(C=O)c2Cl)CC1. The number of piperidine rings is 1. The highest BCUT2D eigenvalue weighted by Gasteiger charge is 2.25. The highest BCUT2D eigenvalue weighted by molar-refractivity contribution is 6.32. The molecule has 0 atom stereocenters. The molecule has 1 fully saturated rings. The molecule has 110 valence electrons. The van der Waals surface area contributed by atoms with E-state index in [0.29, 0.717) is 16.4 Å². The smallest absolute Gasteiger partial charge is 0.155 e. The predicted molar refractivity (Wildman–Crippen MR) is 83.8 cm³/mol. The fourth-order valence-corrected chi connectivity index (χ4v) is 3.13. The molecule has 0 spiro atoms. The number of aldehydes is 1. The summed E-state index contributed by atoms with van der Waals surface area (Å²) in [7, 11) is 2.12. The molecule has 3 rings (SSSR count). The lowest BCUT2D eigenvalue weighted by Gasteiger charge is -2.29. The van der Waals surface area contributed by atoms with Gasteiger partial charge in [0, 0.05) is 5.56 Å². The van der Waals surface area contributed by atoms with Crippen molar-refractivity contribution in [2.24, 2.45) is 0 Å². The highest BCUT2D eigenvalue weighted by Crippen LogP contribution is 2.32. The molecule has 0 unspecified atom stereocenters. The number of aromatic nitrogens is 2. The van der Waals surface area contributed by atoms with Crippen molar-refractivity contribution in [3.05, 3.63) is 41.0 Å². The van der Waals surface area contributed by atoms with Gasteiger partial charge in [-0.3, -0.25) is 4.79 Å². The monoisotopic (exact) mass is 303 g/mol. The molecule has 0 amide bonds. The fraction of sp³-hybridized carbons (Fsp3) is 0.375. The molecule has 1 saturated heterocycles. The zero-order valence-electron chi connectivity index (χ0n) is 12.0. The molecular weight excluding hydrogens is 286 g/mol. The van der Waals surface area contributed by atoms with Crippen LogP contribution in [0.1, 0.15) is 29.2 Å². The number of halogens is 1. The first-order valence-electron chi connectivity index (χ1n) is 7.18. The molecule has 0 radical (unpaired) electrons. The van der Waals surface area contributed by atoms with Crippen LogP contribution in [-0.4, -0.2) is 41.1 Å². The van der Waals surface area contributed by atoms with E-state index in [0.717, 1.165) is 37.8 Å². The molecule has 0 aliphatic carbocycles. The van der Waals surface area contributed by atoms with Crippen molar-refractivity contribution < 1.29 is 4.79 Å². The van der Waals surface area contributed by atoms with E-state index in [9.17, 15) is 4.79 Å². The lowest BCUT2D eigenvalue weighted by Crippen LogP contribution is -2.31. The minimum Gasteiger partial charge on any atom is -0.306 e. The van der Waals surface area contributed by atoms with Crippen LogP contribution in [0.25, 0.3) is 11.3 Å². The van der Waals surface area contributed by atoms with Gasteiger partial charge in [-0.1, -0.05) is 41.9 Å². The van der Waals surface area contributed by atoms with Crippen molar-refractivity contribution in [3.63, 3.8) is 0 Å². The van der Waals surface area contributed by atoms with Gasteiger partial charge < -0.3 is 4.90 Å². The number of hydrogen-bond donors (Lipinski definition) is 0. The van der Waals surface area contributed by atoms with Crippen LogP contribution in [0.4, 0.5) is 0 Å². The third kappa shape index (κ3) is 2.74. The van der Waals surface area contributed by atoms with Gasteiger partial charge in [-0.15, -0.1) is 0 Å². The molecule has 4 nitrogen and oxygen atoms in total. The maximum absolute atomic E-state index is 11.4. The van der Waals surface area contributed by atoms with Crippen LogP contribution in [0.5, 0.6) is 0 Å². The van der Waals surface area contributed by atoms with E-state index in [2.05, 4.69) is 17.0 Å². The number of hydrogen-bond acceptors (Lipinski definition) is 3. The first kappa shape index (κ1) is 14.3. The third-order valence-electron chi connectivity index (χ3n) is 4.09. The van der Waals surface area contributed by atoms with Crippen molar-refractivity contribution >= 4 is 17.9 Å². The number of rotatable bonds is 3. The van der Waals surface area contributed by atoms with Gasteiger partial charge in [-0.25, -0.2) is 4.68 Å². The Balaban J connectivity index is 2.00. The molecular formula is C16H18ClN3O. The molecule has 0 N–H and O–H groups in total. The Bertz CT molecular complexity index is 630. The van der Waals surface area contributed by atoms with Crippen molar-refractivity contribution in [1.82, 2.24) is 14.7 Å². The van der Waals surface area contributed by atoms with Gasteiger partial charge in [0.15, 0.2) is 6.29 Å². The molecule has 5 heteroatoms. The van der Waals surface area contributed by atoms with Gasteiger partial charge in [0.25, 0.3) is 0 Å². The molecule has 21 heavy (non-hydrogen) atoms. The molecule has 2 aromatic rings. The zero-order chi connectivity index (χ0) is 14.8. The summed E-state index contributed by atoms with van der Waals surface area (Å²) >= 11 is 6.40. The Labute approximate surface area is 129 Å². The quantitative estimate of drug-likeness (QED) is 0.817. The maximum atomic E-state index is 11.4. The van der Waals surface area contributed by atoms with Gasteiger partial charge in [0.1, 0.15) is 10.8 Å². The summed E-state index contributed by atoms with van der Waals surface area (Å²) in [6.07, 6.45) is 2.82. The van der Waals surface area contributed by atoms with E-state index in [4.69, 9.17) is 11.6 Å². The largest absolute Gasteiger partial charge is 0.306 e. The molecule has 1 aliphatic heterocycles. The van der Waals surface area contributed by atoms with Crippen LogP contribution in [0, 0.1) is 0 Å². The summed E-state index contributed by atoms with van der Waals surface area (Å²) in [6, 6.07) is 9.98. The number of nitrogens with zero attached hydrogens (tertiary/aromatic N) is 3. The summed E-state index contributed by atoms with van der Waals surface area (Å²) in [5, 5.41) is 5.09. The van der Waals surface area contributed by atoms with Crippen molar-refractivity contribution in [1.29, 1.82) is 0 Å². The first-order valence-corrected chi connectivity index (χ1v) is 7.55. The lowest BCUT2D eigenvalue weighted by molar-refractivity contribution is 0.112. The van der Waals surface area contributed by atoms with Crippen LogP contribution in [0.2, 0.25) is 5.15 Å². The second kappa shape index (κ2) is 6.00. The molecule has 2 heterocycles. The van der Waals surface area contributed by atoms with E-state index >= 15 is 0 Å². The summed E-state index contributed by atoms with van der Waals surface area (Å²) in [6.45, 7) is 2.05. The summed E-state index contributed by atoms with van der Waals surface area (Å²) < 4.78 is 1.83. The van der Waals surface area contributed by atoms with Crippen LogP contribution in [-0.2, 0) is 0 Å². The van der Waals surface area contributed by atoms with Crippen LogP contribution in [0.15, 0.2) is 30.3 Å². The van der Waals surface area contributed by atoms with Crippen molar-refractivity contribution in [2.45, 2.75) is 18.9 Å². The zero-order valence-corrected chi connectivity index (χ0v) is 12.8. The van der Waals surface area contributed by atoms with E-state index in [1.807, 2.05) is 35.0 Å². The Morgan fingerprint density at radius 2 is 1.90 bits per heavy atom. The third-order valence-corrected chi connectivity index (χ3v) is 4.46. The fourth-order valence-electron chi connectivity index (χ4n) is 2.82. The van der Waals surface area contributed by atoms with Gasteiger partial charge in [0.2, 0.25) is 0 Å². The van der Waals surface area contributed by atoms with E-state index in [1.165, 1.54) is 0 Å². The number of benzene rings is 1. The first-order chi connectivity index (χ1) is 10.2. The highest BCUT2D eigenvalue weighted by atomic mass is 35.5. The molecule has 0 saturated carbocycles. The Hall–Kier alpha value is -1.65. The summed E-state index contributed by atoms with van der Waals surface area (Å²) in [5.41, 5.74) is 2.09. The Morgan fingerprint density at radius 1 is 1.24 bits per heavy atom. The predicted octanol–water partition coefficient (Wildman–Crippen LogP) is 3.28. The maximum Gasteiger partial charge on any atom is 0.155 e. The Morgan fingerprint density at radius 3 is 2.52 bits per heavy atom. The normalized spacial score (nSPS) is 17.0. The molecule has 1 aliphatic rings. The average molecular weight is 304 g/mol. The Kier molecular flexibility index (Phi) is 4.08. The van der Waals surface area contributed by atoms with Gasteiger partial charge in [-0.2, -0.15) is 5.10 Å². The van der Waals surface area contributed by atoms with Gasteiger partial charge in [-0.05, 0) is 33.0 Å². The van der Waals surface area contributed by atoms with E-state index < -0.39 is 0 Å². The standard InChI is InChI=1S/C16H18ClN3O/c1-19-9-7-13(8-10-19)20-16(17)14(11-21)15(18-20)12-5-3-2-4-6-12/h2-6,11,13H,7-10H2,1H3. The summed E-state index contributed by atoms with van der Waals surface area (Å²) in [4.78, 5) is 13.7. The van der Waals surface area contributed by atoms with Crippen molar-refractivity contribution in [2.75, 3.05) is 20.1 Å². The number of carbonyl (C=O) groups is 1. The van der Waals surface area contributed by atoms with Crippen LogP contribution < -0.4 is 0 Å². The van der Waals surface area contributed by atoms with Crippen molar-refractivity contribution in [3.8, 4) is 11.3 Å². The van der Waals surface area contributed by atoms with Crippen LogP contribution >= 0.6 is 11.6 Å². The minimum atomic E-state index is 0.268.